The molecule has 0 aromatic carbocycles. The van der Waals surface area contributed by atoms with Crippen LogP contribution in [0.3, 0.4) is 0 Å². The topological polar surface area (TPSA) is 214 Å². The van der Waals surface area contributed by atoms with Gasteiger partial charge in [-0.25, -0.2) is 0 Å². The van der Waals surface area contributed by atoms with E-state index in [9.17, 15) is 29.1 Å². The van der Waals surface area contributed by atoms with Gasteiger partial charge in [0.25, 0.3) is 0 Å². The van der Waals surface area contributed by atoms with Crippen LogP contribution < -0.4 is 27.4 Å². The molecular weight excluding hydrogens is 350 g/mol. The summed E-state index contributed by atoms with van der Waals surface area (Å²) in [4.78, 5) is 57.5. The molecule has 9 N–H and O–H groups in total. The lowest BCUT2D eigenvalue weighted by atomic mass is 10.1. The van der Waals surface area contributed by atoms with Gasteiger partial charge in [-0.15, -0.1) is 0 Å². The molecule has 0 saturated heterocycles. The highest BCUT2D eigenvalue weighted by Crippen LogP contribution is 2.01. The summed E-state index contributed by atoms with van der Waals surface area (Å²) in [5.74, 6) is -4.47. The Balaban J connectivity index is 5.14. The van der Waals surface area contributed by atoms with Gasteiger partial charge >= 0.3 is 5.97 Å². The van der Waals surface area contributed by atoms with E-state index in [-0.39, 0.29) is 12.8 Å². The van der Waals surface area contributed by atoms with Gasteiger partial charge in [-0.3, -0.25) is 24.0 Å². The first-order valence-electron chi connectivity index (χ1n) is 7.78. The number of nitrogens with two attached hydrogens (primary N) is 2. The predicted molar refractivity (Wildman–Crippen MR) is 88.3 cm³/mol. The molecule has 4 unspecified atom stereocenters. The molecule has 0 aliphatic rings. The number of rotatable bonds is 11. The van der Waals surface area contributed by atoms with E-state index >= 15 is 0 Å². The Labute approximate surface area is 149 Å². The third kappa shape index (κ3) is 8.39. The highest BCUT2D eigenvalue weighted by molar-refractivity contribution is 5.94. The third-order valence-corrected chi connectivity index (χ3v) is 3.31. The molecule has 0 aliphatic carbocycles. The summed E-state index contributed by atoms with van der Waals surface area (Å²) in [7, 11) is 0. The van der Waals surface area contributed by atoms with Gasteiger partial charge in [0.05, 0.1) is 12.6 Å². The Hall–Kier alpha value is -2.73. The molecule has 0 aromatic heterocycles. The smallest absolute Gasteiger partial charge is 0.325 e. The number of hydrogen-bond donors (Lipinski definition) is 7. The molecule has 0 heterocycles. The number of hydrogen-bond acceptors (Lipinski definition) is 7. The number of primary amides is 1. The predicted octanol–water partition coefficient (Wildman–Crippen LogP) is -3.85. The summed E-state index contributed by atoms with van der Waals surface area (Å²) >= 11 is 0. The van der Waals surface area contributed by atoms with Crippen LogP contribution in [0.4, 0.5) is 0 Å². The maximum absolute atomic E-state index is 12.3. The van der Waals surface area contributed by atoms with Crippen molar-refractivity contribution < 1.29 is 34.2 Å². The highest BCUT2D eigenvalue weighted by Gasteiger charge is 2.31. The first kappa shape index (κ1) is 23.3. The third-order valence-electron chi connectivity index (χ3n) is 3.31. The molecule has 12 heteroatoms. The number of carbonyl (C=O) groups is 5. The molecule has 0 aromatic rings. The van der Waals surface area contributed by atoms with Crippen molar-refractivity contribution in [1.29, 1.82) is 0 Å². The molecule has 0 fully saturated rings. The van der Waals surface area contributed by atoms with E-state index in [4.69, 9.17) is 16.6 Å². The Morgan fingerprint density at radius 1 is 1.00 bits per heavy atom. The van der Waals surface area contributed by atoms with Crippen LogP contribution in [0.1, 0.15) is 26.7 Å². The van der Waals surface area contributed by atoms with Crippen molar-refractivity contribution in [3.05, 3.63) is 0 Å². The zero-order chi connectivity index (χ0) is 20.4. The van der Waals surface area contributed by atoms with E-state index in [1.807, 2.05) is 0 Å². The largest absolute Gasteiger partial charge is 0.480 e. The first-order chi connectivity index (χ1) is 12.0. The normalized spacial score (nSPS) is 15.1. The molecule has 0 rings (SSSR count). The summed E-state index contributed by atoms with van der Waals surface area (Å²) in [6.45, 7) is 2.02. The maximum atomic E-state index is 12.3. The number of amides is 4. The van der Waals surface area contributed by atoms with Crippen LogP contribution in [0, 0.1) is 0 Å². The number of aliphatic hydroxyl groups is 1. The number of carboxylic acids is 1. The minimum absolute atomic E-state index is 0.146. The van der Waals surface area contributed by atoms with Gasteiger partial charge in [0.15, 0.2) is 0 Å². The van der Waals surface area contributed by atoms with Crippen molar-refractivity contribution in [2.75, 3.05) is 6.54 Å². The number of nitrogens with one attached hydrogen (secondary N) is 3. The van der Waals surface area contributed by atoms with Crippen LogP contribution in [0.2, 0.25) is 0 Å². The molecule has 4 atom stereocenters. The van der Waals surface area contributed by atoms with Crippen molar-refractivity contribution in [3.8, 4) is 0 Å². The molecule has 0 aliphatic heterocycles. The summed E-state index contributed by atoms with van der Waals surface area (Å²) < 4.78 is 0. The van der Waals surface area contributed by atoms with E-state index in [1.54, 1.807) is 0 Å². The van der Waals surface area contributed by atoms with Crippen molar-refractivity contribution >= 4 is 29.6 Å². The van der Waals surface area contributed by atoms with Gasteiger partial charge < -0.3 is 37.6 Å². The van der Waals surface area contributed by atoms with Crippen molar-refractivity contribution in [2.24, 2.45) is 11.5 Å². The zero-order valence-corrected chi connectivity index (χ0v) is 14.5. The van der Waals surface area contributed by atoms with Crippen LogP contribution in [0.15, 0.2) is 0 Å². The van der Waals surface area contributed by atoms with Crippen LogP contribution in [-0.2, 0) is 24.0 Å². The van der Waals surface area contributed by atoms with E-state index in [2.05, 4.69) is 16.0 Å². The molecule has 12 nitrogen and oxygen atoms in total. The fourth-order valence-corrected chi connectivity index (χ4v) is 1.83. The van der Waals surface area contributed by atoms with Gasteiger partial charge in [-0.2, -0.15) is 0 Å². The second-order valence-electron chi connectivity index (χ2n) is 5.62. The first-order valence-corrected chi connectivity index (χ1v) is 7.78. The molecule has 0 radical (unpaired) electrons. The van der Waals surface area contributed by atoms with Crippen molar-refractivity contribution in [3.63, 3.8) is 0 Å². The number of carboxylic acid groups (broad SMARTS) is 1. The molecular formula is C14H25N5O7. The van der Waals surface area contributed by atoms with Crippen LogP contribution in [0.25, 0.3) is 0 Å². The van der Waals surface area contributed by atoms with E-state index in [0.29, 0.717) is 0 Å². The van der Waals surface area contributed by atoms with E-state index in [0.717, 1.165) is 0 Å². The number of carbonyl (C=O) groups excluding carboxylic acids is 4. The van der Waals surface area contributed by atoms with Crippen molar-refractivity contribution in [2.45, 2.75) is 50.9 Å². The van der Waals surface area contributed by atoms with E-state index < -0.39 is 60.4 Å². The fourth-order valence-electron chi connectivity index (χ4n) is 1.83. The summed E-state index contributed by atoms with van der Waals surface area (Å²) in [5, 5.41) is 25.1. The fraction of sp³-hybridized carbons (Fsp3) is 0.643. The van der Waals surface area contributed by atoms with Gasteiger partial charge in [0, 0.05) is 6.42 Å². The Morgan fingerprint density at radius 3 is 2.00 bits per heavy atom. The SMILES string of the molecule is CC(NC(=O)C(NC(=O)C(CCC(N)=O)NC(=O)CN)C(C)O)C(=O)O. The second kappa shape index (κ2) is 11.0. The van der Waals surface area contributed by atoms with Crippen LogP contribution in [-0.4, -0.2) is 70.6 Å². The molecule has 0 bridgehead atoms. The van der Waals surface area contributed by atoms with Crippen LogP contribution in [0.5, 0.6) is 0 Å². The standard InChI is InChI=1S/C14H25N5O7/c1-6(14(25)26)17-13(24)11(7(2)20)19-12(23)8(3-4-9(16)21)18-10(22)5-15/h6-8,11,20H,3-5,15H2,1-2H3,(H2,16,21)(H,17,24)(H,18,22)(H,19,23)(H,25,26). The van der Waals surface area contributed by atoms with E-state index in [1.165, 1.54) is 13.8 Å². The quantitative estimate of drug-likeness (QED) is 0.189. The van der Waals surface area contributed by atoms with Crippen molar-refractivity contribution in [1.82, 2.24) is 16.0 Å². The van der Waals surface area contributed by atoms with Gasteiger partial charge in [-0.1, -0.05) is 0 Å². The summed E-state index contributed by atoms with van der Waals surface area (Å²) in [6.07, 6.45) is -1.72. The average molecular weight is 375 g/mol. The lowest BCUT2D eigenvalue weighted by molar-refractivity contribution is -0.142. The number of aliphatic hydroxyl groups excluding tert-OH is 1. The minimum atomic E-state index is -1.48. The Kier molecular flexibility index (Phi) is 9.84. The summed E-state index contributed by atoms with van der Waals surface area (Å²) in [5.41, 5.74) is 10.2. The lowest BCUT2D eigenvalue weighted by Gasteiger charge is -2.25. The van der Waals surface area contributed by atoms with Gasteiger partial charge in [0.1, 0.15) is 18.1 Å². The van der Waals surface area contributed by atoms with Gasteiger partial charge in [0.2, 0.25) is 23.6 Å². The molecule has 26 heavy (non-hydrogen) atoms. The molecule has 0 spiro atoms. The molecule has 0 saturated carbocycles. The van der Waals surface area contributed by atoms with Gasteiger partial charge in [-0.05, 0) is 20.3 Å². The maximum Gasteiger partial charge on any atom is 0.325 e. The molecule has 4 amide bonds. The second-order valence-corrected chi connectivity index (χ2v) is 5.62. The van der Waals surface area contributed by atoms with Crippen LogP contribution >= 0.6 is 0 Å². The lowest BCUT2D eigenvalue weighted by Crippen LogP contribution is -2.59. The minimum Gasteiger partial charge on any atom is -0.480 e. The Bertz CT molecular complexity index is 552. The Morgan fingerprint density at radius 2 is 1.58 bits per heavy atom. The molecule has 148 valence electrons. The zero-order valence-electron chi connectivity index (χ0n) is 14.5. The summed E-state index contributed by atoms with van der Waals surface area (Å²) in [6, 6.07) is -3.94. The number of aliphatic carboxylic acids is 1. The average Bonchev–Trinajstić information content (AvgIpc) is 2.54. The monoisotopic (exact) mass is 375 g/mol. The highest BCUT2D eigenvalue weighted by atomic mass is 16.4.